The number of nitrogens with zero attached hydrogens (tertiary/aromatic N) is 2. The Morgan fingerprint density at radius 3 is 2.42 bits per heavy atom. The Morgan fingerprint density at radius 1 is 0.974 bits per heavy atom. The first-order chi connectivity index (χ1) is 18.2. The molecule has 6 nitrogen and oxygen atoms in total. The first kappa shape index (κ1) is 26.2. The number of ketones is 1. The normalized spacial score (nSPS) is 19.3. The van der Waals surface area contributed by atoms with Gasteiger partial charge in [-0.05, 0) is 87.7 Å². The third-order valence-corrected chi connectivity index (χ3v) is 7.56. The summed E-state index contributed by atoms with van der Waals surface area (Å²) in [5.41, 5.74) is 1.30. The number of benzene rings is 2. The summed E-state index contributed by atoms with van der Waals surface area (Å²) in [6.07, 6.45) is -0.679. The number of fused-ring (bicyclic) bond motifs is 1. The zero-order valence-electron chi connectivity index (χ0n) is 20.8. The number of aromatic amines is 1. The minimum Gasteiger partial charge on any atom is -0.406 e. The zero-order valence-corrected chi connectivity index (χ0v) is 20.8. The lowest BCUT2D eigenvalue weighted by molar-refractivity contribution is -0.274. The van der Waals surface area contributed by atoms with Crippen LogP contribution in [0, 0.1) is 11.7 Å². The molecule has 10 heteroatoms. The molecule has 5 rings (SSSR count). The first-order valence-corrected chi connectivity index (χ1v) is 12.9. The number of amides is 1. The molecule has 202 valence electrons. The quantitative estimate of drug-likeness (QED) is 0.309. The van der Waals surface area contributed by atoms with Crippen LogP contribution in [0.1, 0.15) is 53.0 Å². The number of hydrogen-bond donors (Lipinski definition) is 1. The van der Waals surface area contributed by atoms with Gasteiger partial charge in [-0.2, -0.15) is 0 Å². The fraction of sp³-hybridized carbons (Fsp3) is 0.429. The minimum absolute atomic E-state index is 0.0626. The van der Waals surface area contributed by atoms with E-state index in [-0.39, 0.29) is 35.2 Å². The third kappa shape index (κ3) is 6.01. The molecule has 2 aliphatic rings. The molecule has 0 bridgehead atoms. The molecule has 2 fully saturated rings. The van der Waals surface area contributed by atoms with E-state index < -0.39 is 6.36 Å². The maximum atomic E-state index is 13.3. The number of carbonyl (C=O) groups excluding carboxylic acids is 2. The van der Waals surface area contributed by atoms with E-state index in [0.717, 1.165) is 51.7 Å². The highest BCUT2D eigenvalue weighted by Crippen LogP contribution is 2.29. The van der Waals surface area contributed by atoms with Gasteiger partial charge in [-0.1, -0.05) is 0 Å². The van der Waals surface area contributed by atoms with Crippen molar-refractivity contribution in [3.8, 4) is 5.75 Å². The molecule has 0 radical (unpaired) electrons. The predicted molar refractivity (Wildman–Crippen MR) is 134 cm³/mol. The lowest BCUT2D eigenvalue weighted by atomic mass is 9.88. The van der Waals surface area contributed by atoms with Crippen LogP contribution in [0.25, 0.3) is 10.9 Å². The number of likely N-dealkylation sites (tertiary alicyclic amines) is 2. The van der Waals surface area contributed by atoms with E-state index in [2.05, 4.69) is 14.6 Å². The Bertz CT molecular complexity index is 1300. The fourth-order valence-corrected chi connectivity index (χ4v) is 5.58. The van der Waals surface area contributed by atoms with Crippen LogP contribution >= 0.6 is 0 Å². The van der Waals surface area contributed by atoms with Crippen LogP contribution in [0.2, 0.25) is 0 Å². The van der Waals surface area contributed by atoms with Crippen molar-refractivity contribution >= 4 is 22.6 Å². The Hall–Kier alpha value is -3.40. The van der Waals surface area contributed by atoms with Gasteiger partial charge in [0.25, 0.3) is 5.91 Å². The average Bonchev–Trinajstić information content (AvgIpc) is 3.53. The number of halogens is 4. The zero-order chi connectivity index (χ0) is 26.9. The van der Waals surface area contributed by atoms with E-state index in [1.165, 1.54) is 42.5 Å². The summed E-state index contributed by atoms with van der Waals surface area (Å²) >= 11 is 0. The molecule has 38 heavy (non-hydrogen) atoms. The van der Waals surface area contributed by atoms with Crippen molar-refractivity contribution in [1.82, 2.24) is 14.8 Å². The van der Waals surface area contributed by atoms with Crippen molar-refractivity contribution in [1.29, 1.82) is 0 Å². The predicted octanol–water partition coefficient (Wildman–Crippen LogP) is 5.80. The number of rotatable bonds is 7. The van der Waals surface area contributed by atoms with Gasteiger partial charge in [0, 0.05) is 47.6 Å². The third-order valence-electron chi connectivity index (χ3n) is 7.56. The molecule has 2 aliphatic heterocycles. The highest BCUT2D eigenvalue weighted by Gasteiger charge is 2.33. The van der Waals surface area contributed by atoms with Crippen LogP contribution in [-0.2, 0) is 0 Å². The Morgan fingerprint density at radius 2 is 1.71 bits per heavy atom. The van der Waals surface area contributed by atoms with Crippen molar-refractivity contribution in [2.75, 3.05) is 26.2 Å². The number of alkyl halides is 3. The molecule has 0 saturated carbocycles. The van der Waals surface area contributed by atoms with Gasteiger partial charge >= 0.3 is 6.36 Å². The fourth-order valence-electron chi connectivity index (χ4n) is 5.58. The smallest absolute Gasteiger partial charge is 0.406 e. The Kier molecular flexibility index (Phi) is 7.43. The molecule has 1 amide bonds. The highest BCUT2D eigenvalue weighted by atomic mass is 19.4. The number of ether oxygens (including phenoxy) is 1. The molecule has 3 aromatic rings. The summed E-state index contributed by atoms with van der Waals surface area (Å²) in [5.74, 6) is -0.860. The van der Waals surface area contributed by atoms with E-state index in [1.807, 2.05) is 4.90 Å². The number of Topliss-reactive ketones (excluding diaryl/α,β-unsaturated/α-hetero) is 1. The van der Waals surface area contributed by atoms with Gasteiger partial charge in [0.15, 0.2) is 5.78 Å². The molecule has 2 saturated heterocycles. The Labute approximate surface area is 217 Å². The van der Waals surface area contributed by atoms with Crippen molar-refractivity contribution < 1.29 is 31.9 Å². The second-order valence-electron chi connectivity index (χ2n) is 10.1. The number of piperidine rings is 1. The van der Waals surface area contributed by atoms with Crippen LogP contribution in [0.15, 0.2) is 48.5 Å². The number of aromatic nitrogens is 1. The van der Waals surface area contributed by atoms with E-state index >= 15 is 0 Å². The van der Waals surface area contributed by atoms with Crippen molar-refractivity contribution in [2.45, 2.75) is 44.5 Å². The number of nitrogens with one attached hydrogen (secondary N) is 1. The van der Waals surface area contributed by atoms with Gasteiger partial charge in [0.05, 0.1) is 0 Å². The Balaban J connectivity index is 1.15. The number of H-pyrrole nitrogens is 1. The highest BCUT2D eigenvalue weighted by molar-refractivity contribution is 5.99. The van der Waals surface area contributed by atoms with Crippen molar-refractivity contribution in [3.05, 3.63) is 65.6 Å². The molecule has 2 aromatic carbocycles. The second kappa shape index (κ2) is 10.8. The average molecular weight is 532 g/mol. The molecule has 1 aromatic heterocycles. The summed E-state index contributed by atoms with van der Waals surface area (Å²) in [6, 6.07) is 11.4. The monoisotopic (exact) mass is 531 g/mol. The maximum Gasteiger partial charge on any atom is 0.573 e. The van der Waals surface area contributed by atoms with Crippen LogP contribution in [0.3, 0.4) is 0 Å². The van der Waals surface area contributed by atoms with Crippen LogP contribution in [-0.4, -0.2) is 65.1 Å². The molecule has 1 unspecified atom stereocenters. The summed E-state index contributed by atoms with van der Waals surface area (Å²) in [5, 5.41) is 0.636. The molecule has 3 heterocycles. The standard InChI is InChI=1S/C28H29F4N3O3/c29-21-6-3-18(4-7-21)26(36)19-9-13-34(14-10-19)15-11-22-2-1-12-35(22)27(37)25-16-20-5-8-23(17-24(20)33-25)38-28(30,31)32/h3-8,16-17,19,22,33H,1-2,9-15H2. The van der Waals surface area contributed by atoms with Gasteiger partial charge in [-0.15, -0.1) is 13.2 Å². The van der Waals surface area contributed by atoms with E-state index in [9.17, 15) is 27.2 Å². The largest absolute Gasteiger partial charge is 0.573 e. The molecule has 0 spiro atoms. The lowest BCUT2D eigenvalue weighted by Gasteiger charge is -2.33. The van der Waals surface area contributed by atoms with E-state index in [0.29, 0.717) is 28.7 Å². The van der Waals surface area contributed by atoms with Gasteiger partial charge in [0.1, 0.15) is 17.3 Å². The summed E-state index contributed by atoms with van der Waals surface area (Å²) < 4.78 is 54.8. The summed E-state index contributed by atoms with van der Waals surface area (Å²) in [6.45, 7) is 3.04. The van der Waals surface area contributed by atoms with Crippen LogP contribution < -0.4 is 4.74 Å². The van der Waals surface area contributed by atoms with Crippen molar-refractivity contribution in [3.63, 3.8) is 0 Å². The van der Waals surface area contributed by atoms with Gasteiger partial charge < -0.3 is 19.5 Å². The molecule has 0 aliphatic carbocycles. The molecular formula is C28H29F4N3O3. The van der Waals surface area contributed by atoms with Crippen LogP contribution in [0.4, 0.5) is 17.6 Å². The lowest BCUT2D eigenvalue weighted by Crippen LogP contribution is -2.41. The van der Waals surface area contributed by atoms with Crippen LogP contribution in [0.5, 0.6) is 5.75 Å². The van der Waals surface area contributed by atoms with Crippen molar-refractivity contribution in [2.24, 2.45) is 5.92 Å². The SMILES string of the molecule is O=C(c1ccc(F)cc1)C1CCN(CCC2CCCN2C(=O)c2cc3ccc(OC(F)(F)F)cc3[nH]2)CC1. The minimum atomic E-state index is -4.78. The molecule has 1 N–H and O–H groups in total. The van der Waals surface area contributed by atoms with Gasteiger partial charge in [-0.3, -0.25) is 9.59 Å². The summed E-state index contributed by atoms with van der Waals surface area (Å²) in [4.78, 5) is 33.1. The maximum absolute atomic E-state index is 13.3. The summed E-state index contributed by atoms with van der Waals surface area (Å²) in [7, 11) is 0. The number of carbonyl (C=O) groups is 2. The van der Waals surface area contributed by atoms with E-state index in [4.69, 9.17) is 0 Å². The van der Waals surface area contributed by atoms with E-state index in [1.54, 1.807) is 6.07 Å². The van der Waals surface area contributed by atoms with Gasteiger partial charge in [0.2, 0.25) is 0 Å². The molecule has 1 atom stereocenters. The second-order valence-corrected chi connectivity index (χ2v) is 10.1. The topological polar surface area (TPSA) is 65.6 Å². The molecular weight excluding hydrogens is 502 g/mol. The number of hydrogen-bond acceptors (Lipinski definition) is 4. The first-order valence-electron chi connectivity index (χ1n) is 12.9. The van der Waals surface area contributed by atoms with Gasteiger partial charge in [-0.25, -0.2) is 4.39 Å².